The molecule has 8 nitrogen and oxygen atoms in total. The zero-order valence-electron chi connectivity index (χ0n) is 17.3. The van der Waals surface area contributed by atoms with E-state index in [2.05, 4.69) is 21.8 Å². The van der Waals surface area contributed by atoms with Gasteiger partial charge in [0.1, 0.15) is 11.6 Å². The Morgan fingerprint density at radius 3 is 2.71 bits per heavy atom. The average molecular weight is 392 g/mol. The highest BCUT2D eigenvalue weighted by molar-refractivity contribution is 6.01. The van der Waals surface area contributed by atoms with Crippen LogP contribution in [-0.4, -0.2) is 66.8 Å². The first kappa shape index (κ1) is 20.8. The highest BCUT2D eigenvalue weighted by Gasteiger charge is 2.34. The monoisotopic (exact) mass is 391 g/mol. The lowest BCUT2D eigenvalue weighted by atomic mass is 9.96. The van der Waals surface area contributed by atoms with E-state index in [1.165, 1.54) is 0 Å². The third-order valence-corrected chi connectivity index (χ3v) is 5.64. The maximum Gasteiger partial charge on any atom is 0.320 e. The standard InChI is InChI=1S/C20H33N5O3/c1-4-5-14(2)28-20-22-18(21)16-12-17(26)25(19(16)23-20)13-15-6-8-24(9-7-15)10-11-27-3/h14-15H,4-13H2,1-3H3,(H2,21,22,23)/t14-/m0/s1. The number of ether oxygens (including phenoxy) is 2. The summed E-state index contributed by atoms with van der Waals surface area (Å²) >= 11 is 0. The van der Waals surface area contributed by atoms with Gasteiger partial charge in [-0.1, -0.05) is 13.3 Å². The first-order chi connectivity index (χ1) is 13.5. The number of likely N-dealkylation sites (tertiary alicyclic amines) is 1. The number of nitrogen functional groups attached to an aromatic ring is 1. The Balaban J connectivity index is 1.66. The second-order valence-electron chi connectivity index (χ2n) is 7.87. The molecule has 0 radical (unpaired) electrons. The zero-order valence-corrected chi connectivity index (χ0v) is 17.3. The van der Waals surface area contributed by atoms with Crippen molar-refractivity contribution in [3.8, 4) is 6.01 Å². The van der Waals surface area contributed by atoms with Gasteiger partial charge in [-0.25, -0.2) is 0 Å². The van der Waals surface area contributed by atoms with Crippen molar-refractivity contribution < 1.29 is 14.3 Å². The summed E-state index contributed by atoms with van der Waals surface area (Å²) in [5.41, 5.74) is 6.85. The minimum atomic E-state index is 0.0180. The summed E-state index contributed by atoms with van der Waals surface area (Å²) < 4.78 is 11.0. The van der Waals surface area contributed by atoms with Crippen molar-refractivity contribution in [1.82, 2.24) is 14.9 Å². The van der Waals surface area contributed by atoms with Crippen LogP contribution in [0.3, 0.4) is 0 Å². The molecule has 1 saturated heterocycles. The number of fused-ring (bicyclic) bond motifs is 1. The molecule has 0 bridgehead atoms. The fraction of sp³-hybridized carbons (Fsp3) is 0.750. The minimum Gasteiger partial charge on any atom is -0.460 e. The van der Waals surface area contributed by atoms with E-state index >= 15 is 0 Å². The molecule has 28 heavy (non-hydrogen) atoms. The van der Waals surface area contributed by atoms with Crippen molar-refractivity contribution in [2.45, 2.75) is 52.1 Å². The van der Waals surface area contributed by atoms with E-state index in [0.717, 1.165) is 57.5 Å². The van der Waals surface area contributed by atoms with Crippen molar-refractivity contribution in [1.29, 1.82) is 0 Å². The number of nitrogens with two attached hydrogens (primary N) is 1. The molecular weight excluding hydrogens is 358 g/mol. The lowest BCUT2D eigenvalue weighted by Crippen LogP contribution is -2.41. The molecule has 2 aliphatic heterocycles. The Kier molecular flexibility index (Phi) is 7.07. The lowest BCUT2D eigenvalue weighted by Gasteiger charge is -2.33. The normalized spacial score (nSPS) is 19.1. The molecule has 3 rings (SSSR count). The Hall–Kier alpha value is -1.93. The van der Waals surface area contributed by atoms with Gasteiger partial charge in [0.2, 0.25) is 5.91 Å². The molecule has 1 amide bonds. The van der Waals surface area contributed by atoms with Gasteiger partial charge < -0.3 is 20.1 Å². The maximum atomic E-state index is 12.6. The van der Waals surface area contributed by atoms with E-state index < -0.39 is 0 Å². The molecule has 2 N–H and O–H groups in total. The van der Waals surface area contributed by atoms with Crippen LogP contribution in [0.25, 0.3) is 0 Å². The van der Waals surface area contributed by atoms with E-state index in [4.69, 9.17) is 15.2 Å². The number of hydrogen-bond donors (Lipinski definition) is 1. The Morgan fingerprint density at radius 1 is 1.29 bits per heavy atom. The highest BCUT2D eigenvalue weighted by Crippen LogP contribution is 2.34. The Bertz CT molecular complexity index is 676. The van der Waals surface area contributed by atoms with Crippen molar-refractivity contribution in [3.63, 3.8) is 0 Å². The van der Waals surface area contributed by atoms with Gasteiger partial charge in [-0.05, 0) is 45.2 Å². The minimum absolute atomic E-state index is 0.0180. The summed E-state index contributed by atoms with van der Waals surface area (Å²) in [6.45, 7) is 8.60. The first-order valence-corrected chi connectivity index (χ1v) is 10.4. The lowest BCUT2D eigenvalue weighted by molar-refractivity contribution is -0.117. The summed E-state index contributed by atoms with van der Waals surface area (Å²) in [6, 6.07) is 0.270. The molecule has 1 aromatic heterocycles. The SMILES string of the molecule is CCC[C@H](C)Oc1nc(N)c2c(n1)N(CC1CCN(CCOC)CC1)C(=O)C2. The number of amides is 1. The van der Waals surface area contributed by atoms with Gasteiger partial charge >= 0.3 is 6.01 Å². The fourth-order valence-electron chi connectivity index (χ4n) is 3.98. The number of anilines is 2. The molecule has 1 atom stereocenters. The molecular formula is C20H33N5O3. The van der Waals surface area contributed by atoms with Crippen molar-refractivity contribution in [2.75, 3.05) is 50.5 Å². The van der Waals surface area contributed by atoms with Crippen molar-refractivity contribution >= 4 is 17.5 Å². The fourth-order valence-corrected chi connectivity index (χ4v) is 3.98. The second kappa shape index (κ2) is 9.52. The van der Waals surface area contributed by atoms with Gasteiger partial charge in [-0.2, -0.15) is 9.97 Å². The highest BCUT2D eigenvalue weighted by atomic mass is 16.5. The van der Waals surface area contributed by atoms with E-state index in [9.17, 15) is 4.79 Å². The van der Waals surface area contributed by atoms with Crippen LogP contribution in [0.4, 0.5) is 11.6 Å². The Morgan fingerprint density at radius 2 is 2.04 bits per heavy atom. The van der Waals surface area contributed by atoms with Gasteiger partial charge in [0, 0.05) is 25.8 Å². The predicted molar refractivity (Wildman–Crippen MR) is 109 cm³/mol. The predicted octanol–water partition coefficient (Wildman–Crippen LogP) is 1.87. The number of hydrogen-bond acceptors (Lipinski definition) is 7. The molecule has 2 aliphatic rings. The van der Waals surface area contributed by atoms with E-state index in [-0.39, 0.29) is 24.4 Å². The van der Waals surface area contributed by atoms with Gasteiger partial charge in [-0.15, -0.1) is 0 Å². The number of rotatable bonds is 9. The van der Waals surface area contributed by atoms with Crippen LogP contribution < -0.4 is 15.4 Å². The molecule has 156 valence electrons. The summed E-state index contributed by atoms with van der Waals surface area (Å²) in [5.74, 6) is 1.51. The summed E-state index contributed by atoms with van der Waals surface area (Å²) in [6.07, 6.45) is 4.38. The summed E-state index contributed by atoms with van der Waals surface area (Å²) in [7, 11) is 1.73. The van der Waals surface area contributed by atoms with Crippen LogP contribution >= 0.6 is 0 Å². The topological polar surface area (TPSA) is 93.8 Å². The van der Waals surface area contributed by atoms with Crippen LogP contribution in [-0.2, 0) is 16.0 Å². The van der Waals surface area contributed by atoms with Crippen LogP contribution in [0.2, 0.25) is 0 Å². The number of nitrogens with zero attached hydrogens (tertiary/aromatic N) is 4. The number of carbonyl (C=O) groups is 1. The van der Waals surface area contributed by atoms with Crippen LogP contribution in [0.5, 0.6) is 6.01 Å². The van der Waals surface area contributed by atoms with Crippen molar-refractivity contribution in [3.05, 3.63) is 5.56 Å². The quantitative estimate of drug-likeness (QED) is 0.687. The molecule has 8 heteroatoms. The number of methoxy groups -OCH3 is 1. The molecule has 0 unspecified atom stereocenters. The number of piperidine rings is 1. The molecule has 1 fully saturated rings. The summed E-state index contributed by atoms with van der Waals surface area (Å²) in [4.78, 5) is 25.7. The van der Waals surface area contributed by atoms with E-state index in [1.807, 2.05) is 6.92 Å². The first-order valence-electron chi connectivity index (χ1n) is 10.4. The zero-order chi connectivity index (χ0) is 20.1. The number of carbonyl (C=O) groups excluding carboxylic acids is 1. The van der Waals surface area contributed by atoms with Gasteiger partial charge in [0.15, 0.2) is 0 Å². The van der Waals surface area contributed by atoms with Crippen LogP contribution in [0.1, 0.15) is 45.1 Å². The molecule has 0 aliphatic carbocycles. The van der Waals surface area contributed by atoms with Crippen LogP contribution in [0.15, 0.2) is 0 Å². The Labute approximate surface area is 167 Å². The van der Waals surface area contributed by atoms with Crippen molar-refractivity contribution in [2.24, 2.45) is 5.92 Å². The molecule has 1 aromatic rings. The third kappa shape index (κ3) is 4.91. The largest absolute Gasteiger partial charge is 0.460 e. The van der Waals surface area contributed by atoms with E-state index in [0.29, 0.717) is 24.1 Å². The third-order valence-electron chi connectivity index (χ3n) is 5.64. The average Bonchev–Trinajstić information content (AvgIpc) is 2.98. The van der Waals surface area contributed by atoms with Gasteiger partial charge in [0.25, 0.3) is 0 Å². The second-order valence-corrected chi connectivity index (χ2v) is 7.87. The molecule has 3 heterocycles. The maximum absolute atomic E-state index is 12.6. The number of aromatic nitrogens is 2. The molecule has 0 spiro atoms. The van der Waals surface area contributed by atoms with Gasteiger partial charge in [-0.3, -0.25) is 9.69 Å². The van der Waals surface area contributed by atoms with Crippen LogP contribution in [0, 0.1) is 5.92 Å². The smallest absolute Gasteiger partial charge is 0.320 e. The molecule has 0 aromatic carbocycles. The summed E-state index contributed by atoms with van der Waals surface area (Å²) in [5, 5.41) is 0. The molecule has 0 saturated carbocycles. The van der Waals surface area contributed by atoms with Gasteiger partial charge in [0.05, 0.1) is 19.1 Å². The van der Waals surface area contributed by atoms with E-state index in [1.54, 1.807) is 12.0 Å².